The molecule has 2 rings (SSSR count). The van der Waals surface area contributed by atoms with Crippen LogP contribution in [0.5, 0.6) is 0 Å². The molecule has 0 radical (unpaired) electrons. The molecule has 0 saturated heterocycles. The monoisotopic (exact) mass is 264 g/mol. The summed E-state index contributed by atoms with van der Waals surface area (Å²) in [5.74, 6) is 0.328. The zero-order valence-corrected chi connectivity index (χ0v) is 10.9. The van der Waals surface area contributed by atoms with Gasteiger partial charge in [0.05, 0.1) is 0 Å². The molecule has 2 nitrogen and oxygen atoms in total. The molecule has 0 atom stereocenters. The van der Waals surface area contributed by atoms with Gasteiger partial charge in [-0.05, 0) is 24.1 Å². The summed E-state index contributed by atoms with van der Waals surface area (Å²) in [5.41, 5.74) is 1.49. The van der Waals surface area contributed by atoms with Gasteiger partial charge in [0.15, 0.2) is 0 Å². The Morgan fingerprint density at radius 3 is 2.72 bits per heavy atom. The summed E-state index contributed by atoms with van der Waals surface area (Å²) in [6.45, 7) is 2.08. The average molecular weight is 265 g/mol. The van der Waals surface area contributed by atoms with Gasteiger partial charge in [0.25, 0.3) is 0 Å². The Bertz CT molecular complexity index is 543. The second kappa shape index (κ2) is 5.91. The normalized spacial score (nSPS) is 10.6. The van der Waals surface area contributed by atoms with E-state index in [9.17, 15) is 4.39 Å². The van der Waals surface area contributed by atoms with Crippen molar-refractivity contribution in [3.05, 3.63) is 58.4 Å². The zero-order valence-electron chi connectivity index (χ0n) is 10.2. The molecule has 0 bridgehead atoms. The molecule has 1 aromatic carbocycles. The van der Waals surface area contributed by atoms with E-state index in [-0.39, 0.29) is 5.82 Å². The Labute approximate surface area is 111 Å². The van der Waals surface area contributed by atoms with Gasteiger partial charge in [-0.2, -0.15) is 0 Å². The van der Waals surface area contributed by atoms with Gasteiger partial charge in [-0.25, -0.2) is 14.4 Å². The van der Waals surface area contributed by atoms with Crippen molar-refractivity contribution in [3.8, 4) is 0 Å². The molecule has 4 heteroatoms. The fraction of sp³-hybridized carbons (Fsp3) is 0.286. The maximum atomic E-state index is 13.5. The molecule has 94 valence electrons. The van der Waals surface area contributed by atoms with Crippen molar-refractivity contribution in [1.82, 2.24) is 9.97 Å². The van der Waals surface area contributed by atoms with Crippen molar-refractivity contribution < 1.29 is 4.39 Å². The van der Waals surface area contributed by atoms with Gasteiger partial charge in [0.2, 0.25) is 0 Å². The van der Waals surface area contributed by atoms with Gasteiger partial charge in [-0.3, -0.25) is 0 Å². The van der Waals surface area contributed by atoms with Crippen LogP contribution < -0.4 is 0 Å². The summed E-state index contributed by atoms with van der Waals surface area (Å²) >= 11 is 5.95. The van der Waals surface area contributed by atoms with Crippen molar-refractivity contribution in [2.24, 2.45) is 0 Å². The molecule has 0 amide bonds. The summed E-state index contributed by atoms with van der Waals surface area (Å²) in [7, 11) is 0. The molecule has 18 heavy (non-hydrogen) atoms. The third-order valence-corrected chi connectivity index (χ3v) is 2.80. The Balaban J connectivity index is 2.26. The molecule has 2 aromatic rings. The highest BCUT2D eigenvalue weighted by Gasteiger charge is 2.07. The maximum Gasteiger partial charge on any atom is 0.134 e. The quantitative estimate of drug-likeness (QED) is 0.785. The molecule has 1 heterocycles. The molecular weight excluding hydrogens is 251 g/mol. The second-order valence-corrected chi connectivity index (χ2v) is 4.50. The number of aryl methyl sites for hydroxylation is 1. The Morgan fingerprint density at radius 2 is 2.00 bits per heavy atom. The Morgan fingerprint density at radius 1 is 1.22 bits per heavy atom. The molecule has 0 spiro atoms. The van der Waals surface area contributed by atoms with Crippen molar-refractivity contribution >= 4 is 11.6 Å². The summed E-state index contributed by atoms with van der Waals surface area (Å²) < 4.78 is 13.5. The van der Waals surface area contributed by atoms with Crippen molar-refractivity contribution in [3.63, 3.8) is 0 Å². The molecule has 0 fully saturated rings. The van der Waals surface area contributed by atoms with Crippen LogP contribution in [0.3, 0.4) is 0 Å². The highest BCUT2D eigenvalue weighted by Crippen LogP contribution is 2.14. The van der Waals surface area contributed by atoms with E-state index >= 15 is 0 Å². The van der Waals surface area contributed by atoms with Crippen LogP contribution in [0, 0.1) is 5.82 Å². The first kappa shape index (κ1) is 13.0. The largest absolute Gasteiger partial charge is 0.237 e. The predicted molar refractivity (Wildman–Crippen MR) is 70.2 cm³/mol. The lowest BCUT2D eigenvalue weighted by Crippen LogP contribution is -2.02. The van der Waals surface area contributed by atoms with Gasteiger partial charge in [0.1, 0.15) is 16.8 Å². The topological polar surface area (TPSA) is 25.8 Å². The lowest BCUT2D eigenvalue weighted by atomic mass is 10.1. The summed E-state index contributed by atoms with van der Waals surface area (Å²) in [5, 5.41) is 0.416. The fourth-order valence-corrected chi connectivity index (χ4v) is 2.01. The Hall–Kier alpha value is -1.48. The standard InChI is InChI=1S/C14H14ClFN2/c1-2-5-11-9-13(15)18-14(17-11)8-10-6-3-4-7-12(10)16/h3-4,6-7,9H,2,5,8H2,1H3. The van der Waals surface area contributed by atoms with E-state index in [1.54, 1.807) is 24.3 Å². The van der Waals surface area contributed by atoms with E-state index in [4.69, 9.17) is 11.6 Å². The number of hydrogen-bond donors (Lipinski definition) is 0. The van der Waals surface area contributed by atoms with Crippen LogP contribution in [0.2, 0.25) is 5.15 Å². The van der Waals surface area contributed by atoms with E-state index in [2.05, 4.69) is 16.9 Å². The van der Waals surface area contributed by atoms with Crippen LogP contribution in [0.15, 0.2) is 30.3 Å². The van der Waals surface area contributed by atoms with Crippen molar-refractivity contribution in [1.29, 1.82) is 0 Å². The first-order valence-electron chi connectivity index (χ1n) is 5.94. The van der Waals surface area contributed by atoms with Crippen LogP contribution in [0.1, 0.15) is 30.4 Å². The molecule has 0 aliphatic heterocycles. The van der Waals surface area contributed by atoms with Gasteiger partial charge in [-0.15, -0.1) is 0 Å². The number of aromatic nitrogens is 2. The van der Waals surface area contributed by atoms with Crippen molar-refractivity contribution in [2.75, 3.05) is 0 Å². The number of nitrogens with zero attached hydrogens (tertiary/aromatic N) is 2. The van der Waals surface area contributed by atoms with Gasteiger partial charge < -0.3 is 0 Å². The van der Waals surface area contributed by atoms with Gasteiger partial charge in [0, 0.05) is 12.1 Å². The molecule has 0 aliphatic rings. The third-order valence-electron chi connectivity index (χ3n) is 2.61. The molecule has 0 N–H and O–H groups in total. The van der Waals surface area contributed by atoms with E-state index in [1.807, 2.05) is 0 Å². The fourth-order valence-electron chi connectivity index (χ4n) is 1.79. The SMILES string of the molecule is CCCc1cc(Cl)nc(Cc2ccccc2F)n1. The number of halogens is 2. The van der Waals surface area contributed by atoms with E-state index in [0.717, 1.165) is 18.5 Å². The molecule has 0 aliphatic carbocycles. The highest BCUT2D eigenvalue weighted by atomic mass is 35.5. The first-order valence-corrected chi connectivity index (χ1v) is 6.32. The minimum atomic E-state index is -0.238. The van der Waals surface area contributed by atoms with E-state index in [1.165, 1.54) is 6.07 Å². The Kier molecular flexibility index (Phi) is 4.26. The zero-order chi connectivity index (χ0) is 13.0. The van der Waals surface area contributed by atoms with Crippen molar-refractivity contribution in [2.45, 2.75) is 26.2 Å². The minimum absolute atomic E-state index is 0.238. The summed E-state index contributed by atoms with van der Waals surface area (Å²) in [6.07, 6.45) is 2.21. The van der Waals surface area contributed by atoms with Crippen LogP contribution in [-0.2, 0) is 12.8 Å². The smallest absolute Gasteiger partial charge is 0.134 e. The van der Waals surface area contributed by atoms with Crippen LogP contribution >= 0.6 is 11.6 Å². The van der Waals surface area contributed by atoms with Crippen LogP contribution in [-0.4, -0.2) is 9.97 Å². The first-order chi connectivity index (χ1) is 8.69. The highest BCUT2D eigenvalue weighted by molar-refractivity contribution is 6.29. The number of rotatable bonds is 4. The summed E-state index contributed by atoms with van der Waals surface area (Å²) in [6, 6.07) is 8.40. The van der Waals surface area contributed by atoms with Crippen LogP contribution in [0.4, 0.5) is 4.39 Å². The lowest BCUT2D eigenvalue weighted by Gasteiger charge is -2.05. The van der Waals surface area contributed by atoms with Gasteiger partial charge in [-0.1, -0.05) is 43.1 Å². The van der Waals surface area contributed by atoms with Gasteiger partial charge >= 0.3 is 0 Å². The van der Waals surface area contributed by atoms with Crippen LogP contribution in [0.25, 0.3) is 0 Å². The number of benzene rings is 1. The molecule has 1 aromatic heterocycles. The van der Waals surface area contributed by atoms with E-state index in [0.29, 0.717) is 23.0 Å². The minimum Gasteiger partial charge on any atom is -0.237 e. The lowest BCUT2D eigenvalue weighted by molar-refractivity contribution is 0.611. The second-order valence-electron chi connectivity index (χ2n) is 4.12. The molecule has 0 saturated carbocycles. The third kappa shape index (κ3) is 3.26. The number of hydrogen-bond acceptors (Lipinski definition) is 2. The molecular formula is C14H14ClFN2. The average Bonchev–Trinajstić information content (AvgIpc) is 2.32. The maximum absolute atomic E-state index is 13.5. The molecule has 0 unspecified atom stereocenters. The summed E-state index contributed by atoms with van der Waals surface area (Å²) in [4.78, 5) is 8.54. The predicted octanol–water partition coefficient (Wildman–Crippen LogP) is 3.81. The van der Waals surface area contributed by atoms with E-state index < -0.39 is 0 Å².